The molecule has 1 heterocycles. The van der Waals surface area contributed by atoms with Gasteiger partial charge >= 0.3 is 0 Å². The van der Waals surface area contributed by atoms with E-state index >= 15 is 0 Å². The third-order valence-corrected chi connectivity index (χ3v) is 6.60. The number of carbonyl (C=O) groups is 1. The third-order valence-electron chi connectivity index (χ3n) is 3.56. The Hall–Kier alpha value is -1.13. The lowest BCUT2D eigenvalue weighted by Crippen LogP contribution is -2.40. The molecular formula is C15H22N2O5S2. The van der Waals surface area contributed by atoms with Gasteiger partial charge in [-0.3, -0.25) is 4.79 Å². The number of aliphatic hydroxyl groups is 1. The van der Waals surface area contributed by atoms with Crippen molar-refractivity contribution in [3.8, 4) is 0 Å². The van der Waals surface area contributed by atoms with Crippen molar-refractivity contribution in [2.45, 2.75) is 17.1 Å². The van der Waals surface area contributed by atoms with Gasteiger partial charge in [-0.1, -0.05) is 0 Å². The average molecular weight is 374 g/mol. The topological polar surface area (TPSA) is 95.9 Å². The van der Waals surface area contributed by atoms with Crippen molar-refractivity contribution < 1.29 is 23.1 Å². The number of hydrogen-bond donors (Lipinski definition) is 2. The van der Waals surface area contributed by atoms with Gasteiger partial charge in [-0.05, 0) is 31.2 Å². The van der Waals surface area contributed by atoms with Gasteiger partial charge in [0.05, 0.1) is 30.0 Å². The summed E-state index contributed by atoms with van der Waals surface area (Å²) in [6.45, 7) is 3.28. The summed E-state index contributed by atoms with van der Waals surface area (Å²) in [5.41, 5.74) is 0.539. The number of carbonyl (C=O) groups excluding carboxylic acids is 1. The van der Waals surface area contributed by atoms with Gasteiger partial charge in [-0.15, -0.1) is 11.8 Å². The molecule has 0 aliphatic carbocycles. The van der Waals surface area contributed by atoms with Gasteiger partial charge in [0.25, 0.3) is 0 Å². The minimum Gasteiger partial charge on any atom is -0.396 e. The van der Waals surface area contributed by atoms with Gasteiger partial charge in [0.2, 0.25) is 15.9 Å². The zero-order valence-electron chi connectivity index (χ0n) is 13.5. The van der Waals surface area contributed by atoms with Gasteiger partial charge in [0.15, 0.2) is 0 Å². The van der Waals surface area contributed by atoms with Crippen molar-refractivity contribution in [2.75, 3.05) is 44.0 Å². The van der Waals surface area contributed by atoms with Crippen molar-refractivity contribution in [1.82, 2.24) is 4.31 Å². The van der Waals surface area contributed by atoms with E-state index in [2.05, 4.69) is 5.32 Å². The monoisotopic (exact) mass is 374 g/mol. The van der Waals surface area contributed by atoms with Gasteiger partial charge < -0.3 is 15.2 Å². The number of amides is 1. The first-order chi connectivity index (χ1) is 11.4. The Morgan fingerprint density at radius 2 is 1.96 bits per heavy atom. The summed E-state index contributed by atoms with van der Waals surface area (Å²) in [5.74, 6) is 0.308. The fourth-order valence-electron chi connectivity index (χ4n) is 2.20. The number of aliphatic hydroxyl groups excluding tert-OH is 1. The highest BCUT2D eigenvalue weighted by Crippen LogP contribution is 2.20. The second kappa shape index (κ2) is 8.82. The number of thioether (sulfide) groups is 1. The molecule has 7 nitrogen and oxygen atoms in total. The zero-order valence-corrected chi connectivity index (χ0v) is 15.1. The van der Waals surface area contributed by atoms with Crippen LogP contribution in [0.2, 0.25) is 0 Å². The van der Waals surface area contributed by atoms with E-state index < -0.39 is 10.0 Å². The lowest BCUT2D eigenvalue weighted by atomic mass is 10.3. The summed E-state index contributed by atoms with van der Waals surface area (Å²) in [6, 6.07) is 6.14. The second-order valence-electron chi connectivity index (χ2n) is 5.27. The molecule has 134 valence electrons. The summed E-state index contributed by atoms with van der Waals surface area (Å²) < 4.78 is 31.6. The maximum Gasteiger partial charge on any atom is 0.243 e. The molecule has 0 radical (unpaired) electrons. The predicted octanol–water partition coefficient (Wildman–Crippen LogP) is 0.760. The molecule has 1 fully saturated rings. The minimum absolute atomic E-state index is 0.0242. The van der Waals surface area contributed by atoms with Gasteiger partial charge in [-0.25, -0.2) is 8.42 Å². The number of morpholine rings is 1. The number of hydrogen-bond acceptors (Lipinski definition) is 6. The van der Waals surface area contributed by atoms with Crippen molar-refractivity contribution in [2.24, 2.45) is 0 Å². The van der Waals surface area contributed by atoms with Crippen LogP contribution in [0.25, 0.3) is 0 Å². The summed E-state index contributed by atoms with van der Waals surface area (Å²) in [6.07, 6.45) is 0. The van der Waals surface area contributed by atoms with Crippen LogP contribution in [-0.4, -0.2) is 67.6 Å². The zero-order chi connectivity index (χ0) is 17.6. The van der Waals surface area contributed by atoms with E-state index in [4.69, 9.17) is 9.84 Å². The maximum atomic E-state index is 12.5. The molecule has 1 aromatic rings. The number of ether oxygens (including phenoxy) is 1. The minimum atomic E-state index is -3.53. The summed E-state index contributed by atoms with van der Waals surface area (Å²) >= 11 is 1.35. The molecule has 2 N–H and O–H groups in total. The molecule has 1 aromatic carbocycles. The number of nitrogens with one attached hydrogen (secondary N) is 1. The van der Waals surface area contributed by atoms with Crippen LogP contribution in [0.4, 0.5) is 5.69 Å². The summed E-state index contributed by atoms with van der Waals surface area (Å²) in [5, 5.41) is 11.2. The molecule has 24 heavy (non-hydrogen) atoms. The molecule has 2 rings (SSSR count). The molecule has 9 heteroatoms. The van der Waals surface area contributed by atoms with E-state index in [0.29, 0.717) is 37.7 Å². The predicted molar refractivity (Wildman–Crippen MR) is 93.7 cm³/mol. The van der Waals surface area contributed by atoms with Crippen molar-refractivity contribution >= 4 is 33.4 Å². The Morgan fingerprint density at radius 1 is 1.33 bits per heavy atom. The maximum absolute atomic E-state index is 12.5. The molecule has 1 saturated heterocycles. The molecule has 0 spiro atoms. The van der Waals surface area contributed by atoms with Crippen LogP contribution in [0.15, 0.2) is 29.2 Å². The smallest absolute Gasteiger partial charge is 0.243 e. The fourth-order valence-corrected chi connectivity index (χ4v) is 4.27. The Labute approximate surface area is 146 Å². The fraction of sp³-hybridized carbons (Fsp3) is 0.533. The second-order valence-corrected chi connectivity index (χ2v) is 8.65. The van der Waals surface area contributed by atoms with E-state index in [1.165, 1.54) is 28.2 Å². The number of rotatable bonds is 7. The SMILES string of the molecule is C[C@@H](SCCO)C(=O)Nc1ccc(S(=O)(=O)N2CCOCC2)cc1. The largest absolute Gasteiger partial charge is 0.396 e. The number of nitrogens with zero attached hydrogens (tertiary/aromatic N) is 1. The molecular weight excluding hydrogens is 352 g/mol. The first-order valence-corrected chi connectivity index (χ1v) is 10.2. The molecule has 1 aliphatic rings. The number of anilines is 1. The normalized spacial score (nSPS) is 17.4. The first kappa shape index (κ1) is 19.2. The molecule has 0 bridgehead atoms. The Bertz CT molecular complexity index is 642. The highest BCUT2D eigenvalue weighted by molar-refractivity contribution is 8.00. The lowest BCUT2D eigenvalue weighted by Gasteiger charge is -2.26. The number of benzene rings is 1. The molecule has 1 atom stereocenters. The van der Waals surface area contributed by atoms with Crippen LogP contribution in [-0.2, 0) is 19.6 Å². The highest BCUT2D eigenvalue weighted by Gasteiger charge is 2.26. The van der Waals surface area contributed by atoms with Crippen LogP contribution < -0.4 is 5.32 Å². The van der Waals surface area contributed by atoms with E-state index in [0.717, 1.165) is 0 Å². The quantitative estimate of drug-likeness (QED) is 0.732. The molecule has 0 aromatic heterocycles. The van der Waals surface area contributed by atoms with Gasteiger partial charge in [0.1, 0.15) is 0 Å². The van der Waals surface area contributed by atoms with Crippen molar-refractivity contribution in [1.29, 1.82) is 0 Å². The lowest BCUT2D eigenvalue weighted by molar-refractivity contribution is -0.115. The molecule has 1 aliphatic heterocycles. The Kier molecular flexibility index (Phi) is 7.05. The molecule has 1 amide bonds. The van der Waals surface area contributed by atoms with E-state index in [1.54, 1.807) is 19.1 Å². The standard InChI is InChI=1S/C15H22N2O5S2/c1-12(23-11-8-18)15(19)16-13-2-4-14(5-3-13)24(20,21)17-6-9-22-10-7-17/h2-5,12,18H,6-11H2,1H3,(H,16,19)/t12-/m1/s1. The van der Waals surface area contributed by atoms with Crippen LogP contribution in [0.3, 0.4) is 0 Å². The van der Waals surface area contributed by atoms with Crippen LogP contribution in [0, 0.1) is 0 Å². The average Bonchev–Trinajstić information content (AvgIpc) is 2.60. The van der Waals surface area contributed by atoms with Crippen LogP contribution in [0.1, 0.15) is 6.92 Å². The molecule has 0 saturated carbocycles. The number of sulfonamides is 1. The summed E-state index contributed by atoms with van der Waals surface area (Å²) in [7, 11) is -3.53. The van der Waals surface area contributed by atoms with Gasteiger partial charge in [-0.2, -0.15) is 4.31 Å². The van der Waals surface area contributed by atoms with E-state index in [-0.39, 0.29) is 22.7 Å². The Balaban J connectivity index is 2.01. The van der Waals surface area contributed by atoms with Crippen LogP contribution >= 0.6 is 11.8 Å². The first-order valence-electron chi connectivity index (χ1n) is 7.66. The van der Waals surface area contributed by atoms with Crippen molar-refractivity contribution in [3.63, 3.8) is 0 Å². The third kappa shape index (κ3) is 4.93. The van der Waals surface area contributed by atoms with Crippen LogP contribution in [0.5, 0.6) is 0 Å². The van der Waals surface area contributed by atoms with Gasteiger partial charge in [0, 0.05) is 24.5 Å². The molecule has 0 unspecified atom stereocenters. The summed E-state index contributed by atoms with van der Waals surface area (Å²) in [4.78, 5) is 12.2. The van der Waals surface area contributed by atoms with E-state index in [9.17, 15) is 13.2 Å². The highest BCUT2D eigenvalue weighted by atomic mass is 32.2. The Morgan fingerprint density at radius 3 is 2.54 bits per heavy atom. The van der Waals surface area contributed by atoms with E-state index in [1.807, 2.05) is 0 Å². The van der Waals surface area contributed by atoms with Crippen molar-refractivity contribution in [3.05, 3.63) is 24.3 Å².